The van der Waals surface area contributed by atoms with Gasteiger partial charge in [-0.2, -0.15) is 0 Å². The Morgan fingerprint density at radius 2 is 1.83 bits per heavy atom. The van der Waals surface area contributed by atoms with Crippen molar-refractivity contribution in [2.24, 2.45) is 5.92 Å². The van der Waals surface area contributed by atoms with Crippen molar-refractivity contribution in [2.45, 2.75) is 58.8 Å². The monoisotopic (exact) mass is 412 g/mol. The minimum atomic E-state index is -0.432. The van der Waals surface area contributed by atoms with Crippen molar-refractivity contribution in [1.82, 2.24) is 10.3 Å². The molecule has 162 valence electrons. The van der Waals surface area contributed by atoms with E-state index < -0.39 is 5.91 Å². The molecule has 0 aliphatic carbocycles. The number of nitrogens with zero attached hydrogens (tertiary/aromatic N) is 1. The summed E-state index contributed by atoms with van der Waals surface area (Å²) >= 11 is 0. The highest BCUT2D eigenvalue weighted by atomic mass is 16.7. The number of rotatable bonds is 5. The van der Waals surface area contributed by atoms with Gasteiger partial charge >= 0.3 is 0 Å². The van der Waals surface area contributed by atoms with Crippen molar-refractivity contribution in [3.05, 3.63) is 58.9 Å². The van der Waals surface area contributed by atoms with Crippen LogP contribution in [0.5, 0.6) is 5.75 Å². The van der Waals surface area contributed by atoms with Crippen molar-refractivity contribution in [3.8, 4) is 5.75 Å². The van der Waals surface area contributed by atoms with Crippen LogP contribution in [0.25, 0.3) is 0 Å². The van der Waals surface area contributed by atoms with E-state index in [-0.39, 0.29) is 35.1 Å². The number of carbonyl (C=O) groups excluding carboxylic acids is 1. The third kappa shape index (κ3) is 5.37. The molecule has 1 aromatic carbocycles. The molecular formula is C24H32N2O4. The number of carbonyl (C=O) groups is 1. The summed E-state index contributed by atoms with van der Waals surface area (Å²) in [4.78, 5) is 16.4. The van der Waals surface area contributed by atoms with Crippen molar-refractivity contribution in [2.75, 3.05) is 13.2 Å². The lowest BCUT2D eigenvalue weighted by atomic mass is 9.86. The number of aromatic hydroxyl groups is 1. The van der Waals surface area contributed by atoms with E-state index >= 15 is 0 Å². The van der Waals surface area contributed by atoms with Crippen LogP contribution in [-0.4, -0.2) is 41.5 Å². The quantitative estimate of drug-likeness (QED) is 0.782. The van der Waals surface area contributed by atoms with Crippen LogP contribution in [0, 0.1) is 12.8 Å². The number of amides is 1. The van der Waals surface area contributed by atoms with Gasteiger partial charge in [0.2, 0.25) is 0 Å². The summed E-state index contributed by atoms with van der Waals surface area (Å²) in [6, 6.07) is 10.1. The predicted octanol–water partition coefficient (Wildman–Crippen LogP) is 3.74. The molecule has 6 nitrogen and oxygen atoms in total. The Morgan fingerprint density at radius 1 is 1.20 bits per heavy atom. The minimum absolute atomic E-state index is 0.0178. The number of aromatic nitrogens is 1. The van der Waals surface area contributed by atoms with Gasteiger partial charge in [-0.15, -0.1) is 0 Å². The molecule has 2 aromatic rings. The zero-order chi connectivity index (χ0) is 21.9. The first-order chi connectivity index (χ1) is 14.1. The molecule has 1 aliphatic heterocycles. The summed E-state index contributed by atoms with van der Waals surface area (Å²) in [5, 5.41) is 12.8. The highest BCUT2D eigenvalue weighted by molar-refractivity contribution is 5.95. The fourth-order valence-corrected chi connectivity index (χ4v) is 3.51. The van der Waals surface area contributed by atoms with E-state index in [2.05, 4.69) is 62.3 Å². The molecule has 0 bridgehead atoms. The van der Waals surface area contributed by atoms with Gasteiger partial charge in [-0.3, -0.25) is 4.79 Å². The lowest BCUT2D eigenvalue weighted by molar-refractivity contribution is -0.210. The van der Waals surface area contributed by atoms with Crippen LogP contribution in [0.1, 0.15) is 54.9 Å². The van der Waals surface area contributed by atoms with Gasteiger partial charge in [-0.25, -0.2) is 4.98 Å². The molecule has 1 saturated heterocycles. The second kappa shape index (κ2) is 9.14. The average molecular weight is 413 g/mol. The van der Waals surface area contributed by atoms with Crippen LogP contribution in [0.2, 0.25) is 0 Å². The summed E-state index contributed by atoms with van der Waals surface area (Å²) < 4.78 is 11.7. The van der Waals surface area contributed by atoms with E-state index in [0.717, 1.165) is 6.42 Å². The molecule has 1 unspecified atom stereocenters. The molecule has 0 radical (unpaired) electrons. The molecule has 1 fully saturated rings. The molecule has 1 aliphatic rings. The summed E-state index contributed by atoms with van der Waals surface area (Å²) in [5.41, 5.74) is 3.33. The normalized spacial score (nSPS) is 20.6. The number of benzene rings is 1. The molecular weight excluding hydrogens is 380 g/mol. The summed E-state index contributed by atoms with van der Waals surface area (Å²) in [6.45, 7) is 11.2. The van der Waals surface area contributed by atoms with E-state index in [1.54, 1.807) is 13.0 Å². The van der Waals surface area contributed by atoms with Crippen molar-refractivity contribution in [1.29, 1.82) is 0 Å². The maximum atomic E-state index is 12.4. The van der Waals surface area contributed by atoms with Crippen LogP contribution in [0.4, 0.5) is 0 Å². The Kier molecular flexibility index (Phi) is 6.78. The fourth-order valence-electron chi connectivity index (χ4n) is 3.51. The van der Waals surface area contributed by atoms with Crippen molar-refractivity contribution in [3.63, 3.8) is 0 Å². The second-order valence-corrected chi connectivity index (χ2v) is 9.16. The maximum Gasteiger partial charge on any atom is 0.274 e. The average Bonchev–Trinajstić information content (AvgIpc) is 2.70. The largest absolute Gasteiger partial charge is 0.505 e. The van der Waals surface area contributed by atoms with E-state index in [9.17, 15) is 9.90 Å². The zero-order valence-electron chi connectivity index (χ0n) is 18.4. The highest BCUT2D eigenvalue weighted by Gasteiger charge is 2.29. The van der Waals surface area contributed by atoms with E-state index in [4.69, 9.17) is 9.47 Å². The van der Waals surface area contributed by atoms with Gasteiger partial charge in [0.15, 0.2) is 12.0 Å². The number of pyridine rings is 1. The molecule has 0 saturated carbocycles. The molecule has 1 atom stereocenters. The van der Waals surface area contributed by atoms with Crippen LogP contribution in [0.15, 0.2) is 36.5 Å². The number of nitrogens with one attached hydrogen (secondary N) is 1. The Balaban J connectivity index is 1.50. The number of aryl methyl sites for hydroxylation is 1. The zero-order valence-corrected chi connectivity index (χ0v) is 18.4. The minimum Gasteiger partial charge on any atom is -0.505 e. The van der Waals surface area contributed by atoms with Crippen LogP contribution < -0.4 is 5.32 Å². The third-order valence-electron chi connectivity index (χ3n) is 5.44. The molecule has 2 heterocycles. The topological polar surface area (TPSA) is 80.7 Å². The van der Waals surface area contributed by atoms with E-state index in [0.29, 0.717) is 18.8 Å². The molecule has 3 rings (SSSR count). The smallest absolute Gasteiger partial charge is 0.274 e. The first-order valence-electron chi connectivity index (χ1n) is 10.4. The van der Waals surface area contributed by atoms with Gasteiger partial charge in [-0.1, -0.05) is 52.0 Å². The maximum absolute atomic E-state index is 12.4. The Hall–Kier alpha value is -2.44. The van der Waals surface area contributed by atoms with Gasteiger partial charge in [0.1, 0.15) is 5.75 Å². The van der Waals surface area contributed by atoms with Crippen LogP contribution in [0.3, 0.4) is 0 Å². The van der Waals surface area contributed by atoms with Crippen LogP contribution >= 0.6 is 0 Å². The number of hydrogen-bond acceptors (Lipinski definition) is 5. The molecule has 1 aromatic heterocycles. The Morgan fingerprint density at radius 3 is 2.43 bits per heavy atom. The third-order valence-corrected chi connectivity index (χ3v) is 5.44. The SMILES string of the molecule is Cc1ccnc(C(=O)NC2COC(C(C)Cc3ccc(C(C)(C)C)cc3)OC2)c1O. The van der Waals surface area contributed by atoms with Crippen molar-refractivity contribution < 1.29 is 19.4 Å². The summed E-state index contributed by atoms with van der Waals surface area (Å²) in [7, 11) is 0. The van der Waals surface area contributed by atoms with Gasteiger partial charge in [0, 0.05) is 12.1 Å². The number of hydrogen-bond donors (Lipinski definition) is 2. The number of ether oxygens (including phenoxy) is 2. The molecule has 30 heavy (non-hydrogen) atoms. The van der Waals surface area contributed by atoms with Gasteiger partial charge < -0.3 is 19.9 Å². The van der Waals surface area contributed by atoms with Gasteiger partial charge in [0.25, 0.3) is 5.91 Å². The lowest BCUT2D eigenvalue weighted by Crippen LogP contribution is -2.48. The molecule has 1 amide bonds. The van der Waals surface area contributed by atoms with Crippen LogP contribution in [-0.2, 0) is 21.3 Å². The molecule has 6 heteroatoms. The second-order valence-electron chi connectivity index (χ2n) is 9.16. The molecule has 2 N–H and O–H groups in total. The lowest BCUT2D eigenvalue weighted by Gasteiger charge is -2.33. The predicted molar refractivity (Wildman–Crippen MR) is 116 cm³/mol. The van der Waals surface area contributed by atoms with Crippen molar-refractivity contribution >= 4 is 5.91 Å². The highest BCUT2D eigenvalue weighted by Crippen LogP contribution is 2.25. The summed E-state index contributed by atoms with van der Waals surface area (Å²) in [6.07, 6.45) is 2.04. The Labute approximate surface area is 178 Å². The first kappa shape index (κ1) is 22.2. The fraction of sp³-hybridized carbons (Fsp3) is 0.500. The standard InChI is InChI=1S/C24H32N2O4/c1-15-10-11-25-20(21(15)27)22(28)26-19-13-29-23(30-14-19)16(2)12-17-6-8-18(9-7-17)24(3,4)5/h6-11,16,19,23,27H,12-14H2,1-5H3,(H,26,28). The van der Waals surface area contributed by atoms with E-state index in [1.807, 2.05) is 0 Å². The Bertz CT molecular complexity index is 866. The first-order valence-corrected chi connectivity index (χ1v) is 10.4. The van der Waals surface area contributed by atoms with Gasteiger partial charge in [0.05, 0.1) is 19.3 Å². The summed E-state index contributed by atoms with van der Waals surface area (Å²) in [5.74, 6) is -0.347. The van der Waals surface area contributed by atoms with E-state index in [1.165, 1.54) is 17.3 Å². The van der Waals surface area contributed by atoms with Gasteiger partial charge in [-0.05, 0) is 41.5 Å². The molecule has 0 spiro atoms.